The Bertz CT molecular complexity index is 270. The van der Waals surface area contributed by atoms with Gasteiger partial charge in [0.2, 0.25) is 0 Å². The summed E-state index contributed by atoms with van der Waals surface area (Å²) < 4.78 is 17.8. The lowest BCUT2D eigenvalue weighted by molar-refractivity contribution is 0.00578. The summed E-state index contributed by atoms with van der Waals surface area (Å²) in [5, 5.41) is 0. The lowest BCUT2D eigenvalue weighted by Gasteiger charge is -2.32. The molecule has 0 aromatic rings. The van der Waals surface area contributed by atoms with E-state index in [2.05, 4.69) is 41.5 Å². The van der Waals surface area contributed by atoms with Crippen molar-refractivity contribution >= 4 is 7.12 Å². The molecular formula is C12H23BO3. The van der Waals surface area contributed by atoms with Gasteiger partial charge in [-0.25, -0.2) is 0 Å². The second kappa shape index (κ2) is 3.47. The highest BCUT2D eigenvalue weighted by molar-refractivity contribution is 6.47. The first kappa shape index (κ1) is 12.4. The van der Waals surface area contributed by atoms with Crippen LogP contribution in [0.15, 0.2) is 0 Å². The van der Waals surface area contributed by atoms with Crippen molar-refractivity contribution < 1.29 is 14.0 Å². The molecule has 0 bridgehead atoms. The molecule has 4 heteroatoms. The zero-order chi connectivity index (χ0) is 12.2. The van der Waals surface area contributed by atoms with E-state index in [9.17, 15) is 0 Å². The highest BCUT2D eigenvalue weighted by Crippen LogP contribution is 2.44. The van der Waals surface area contributed by atoms with Crippen molar-refractivity contribution in [3.05, 3.63) is 0 Å². The normalized spacial score (nSPS) is 35.6. The van der Waals surface area contributed by atoms with E-state index in [4.69, 9.17) is 14.0 Å². The van der Waals surface area contributed by atoms with Crippen molar-refractivity contribution in [2.45, 2.75) is 70.6 Å². The van der Waals surface area contributed by atoms with Crippen molar-refractivity contribution in [2.75, 3.05) is 6.61 Å². The zero-order valence-electron chi connectivity index (χ0n) is 11.3. The molecule has 0 saturated carbocycles. The van der Waals surface area contributed by atoms with Crippen molar-refractivity contribution in [3.63, 3.8) is 0 Å². The SMILES string of the molecule is CC1(C)CC(B2OC(C)(C)C(C)(C)O2)CO1. The maximum absolute atomic E-state index is 6.04. The zero-order valence-corrected chi connectivity index (χ0v) is 11.3. The van der Waals surface area contributed by atoms with Crippen molar-refractivity contribution in [1.29, 1.82) is 0 Å². The fraction of sp³-hybridized carbons (Fsp3) is 1.00. The Labute approximate surface area is 99.0 Å². The monoisotopic (exact) mass is 226 g/mol. The van der Waals surface area contributed by atoms with E-state index >= 15 is 0 Å². The first-order valence-electron chi connectivity index (χ1n) is 6.13. The third kappa shape index (κ3) is 2.03. The van der Waals surface area contributed by atoms with Gasteiger partial charge in [-0.2, -0.15) is 0 Å². The molecule has 2 rings (SSSR count). The first-order chi connectivity index (χ1) is 7.13. The summed E-state index contributed by atoms with van der Waals surface area (Å²) in [5.41, 5.74) is -0.497. The Balaban J connectivity index is 2.05. The lowest BCUT2D eigenvalue weighted by Crippen LogP contribution is -2.41. The Morgan fingerprint density at radius 3 is 1.81 bits per heavy atom. The van der Waals surface area contributed by atoms with Crippen LogP contribution in [0.4, 0.5) is 0 Å². The molecule has 2 aliphatic heterocycles. The Morgan fingerprint density at radius 1 is 0.938 bits per heavy atom. The standard InChI is InChI=1S/C12H23BO3/c1-10(2)7-9(8-14-10)13-15-11(3,4)12(5,6)16-13/h9H,7-8H2,1-6H3. The Hall–Kier alpha value is -0.0551. The minimum atomic E-state index is -0.232. The molecule has 1 atom stereocenters. The van der Waals surface area contributed by atoms with E-state index in [-0.39, 0.29) is 23.9 Å². The average Bonchev–Trinajstić information content (AvgIpc) is 2.52. The largest absolute Gasteiger partial charge is 0.463 e. The molecule has 2 heterocycles. The summed E-state index contributed by atoms with van der Waals surface area (Å²) in [6, 6.07) is 0. The molecule has 0 aliphatic carbocycles. The summed E-state index contributed by atoms with van der Waals surface area (Å²) in [7, 11) is -0.119. The summed E-state index contributed by atoms with van der Waals surface area (Å²) in [6.07, 6.45) is 1.00. The van der Waals surface area contributed by atoms with E-state index in [1.165, 1.54) is 0 Å². The van der Waals surface area contributed by atoms with E-state index in [1.807, 2.05) is 0 Å². The molecule has 2 aliphatic rings. The van der Waals surface area contributed by atoms with Gasteiger partial charge in [0.25, 0.3) is 0 Å². The number of ether oxygens (including phenoxy) is 1. The van der Waals surface area contributed by atoms with Crippen LogP contribution in [0.25, 0.3) is 0 Å². The first-order valence-corrected chi connectivity index (χ1v) is 6.13. The molecule has 3 nitrogen and oxygen atoms in total. The van der Waals surface area contributed by atoms with E-state index in [1.54, 1.807) is 0 Å². The second-order valence-corrected chi connectivity index (χ2v) is 6.66. The summed E-state index contributed by atoms with van der Waals surface area (Å²) in [5.74, 6) is 0.357. The molecule has 0 aromatic carbocycles. The highest BCUT2D eigenvalue weighted by atomic mass is 16.7. The quantitative estimate of drug-likeness (QED) is 0.643. The third-order valence-corrected chi connectivity index (χ3v) is 4.10. The number of hydrogen-bond donors (Lipinski definition) is 0. The van der Waals surface area contributed by atoms with Crippen LogP contribution >= 0.6 is 0 Å². The van der Waals surface area contributed by atoms with Gasteiger partial charge in [-0.3, -0.25) is 0 Å². The minimum Gasteiger partial charge on any atom is -0.403 e. The predicted molar refractivity (Wildman–Crippen MR) is 64.5 cm³/mol. The van der Waals surface area contributed by atoms with Crippen molar-refractivity contribution in [3.8, 4) is 0 Å². The van der Waals surface area contributed by atoms with Crippen LogP contribution in [0.1, 0.15) is 48.0 Å². The highest BCUT2D eigenvalue weighted by Gasteiger charge is 2.55. The fourth-order valence-electron chi connectivity index (χ4n) is 2.34. The molecule has 92 valence electrons. The van der Waals surface area contributed by atoms with Gasteiger partial charge in [-0.1, -0.05) is 0 Å². The van der Waals surface area contributed by atoms with E-state index in [0.717, 1.165) is 13.0 Å². The van der Waals surface area contributed by atoms with Gasteiger partial charge in [-0.15, -0.1) is 0 Å². The second-order valence-electron chi connectivity index (χ2n) is 6.66. The van der Waals surface area contributed by atoms with Crippen LogP contribution in [0, 0.1) is 0 Å². The molecule has 1 unspecified atom stereocenters. The molecule has 0 radical (unpaired) electrons. The van der Waals surface area contributed by atoms with Gasteiger partial charge < -0.3 is 14.0 Å². The Morgan fingerprint density at radius 2 is 1.44 bits per heavy atom. The lowest BCUT2D eigenvalue weighted by atomic mass is 9.69. The fourth-order valence-corrected chi connectivity index (χ4v) is 2.34. The van der Waals surface area contributed by atoms with Crippen LogP contribution in [0.5, 0.6) is 0 Å². The summed E-state index contributed by atoms with van der Waals surface area (Å²) in [4.78, 5) is 0. The molecular weight excluding hydrogens is 203 g/mol. The van der Waals surface area contributed by atoms with Gasteiger partial charge in [0.1, 0.15) is 0 Å². The average molecular weight is 226 g/mol. The van der Waals surface area contributed by atoms with Crippen LogP contribution in [0.2, 0.25) is 5.82 Å². The van der Waals surface area contributed by atoms with Crippen molar-refractivity contribution in [1.82, 2.24) is 0 Å². The molecule has 2 fully saturated rings. The topological polar surface area (TPSA) is 27.7 Å². The van der Waals surface area contributed by atoms with Crippen LogP contribution in [-0.2, 0) is 14.0 Å². The van der Waals surface area contributed by atoms with Gasteiger partial charge >= 0.3 is 7.12 Å². The van der Waals surface area contributed by atoms with Gasteiger partial charge in [0.05, 0.1) is 16.8 Å². The van der Waals surface area contributed by atoms with Gasteiger partial charge in [0, 0.05) is 12.4 Å². The maximum atomic E-state index is 6.04. The van der Waals surface area contributed by atoms with Crippen LogP contribution in [-0.4, -0.2) is 30.5 Å². The van der Waals surface area contributed by atoms with E-state index < -0.39 is 0 Å². The molecule has 0 N–H and O–H groups in total. The summed E-state index contributed by atoms with van der Waals surface area (Å²) in [6.45, 7) is 13.4. The molecule has 2 saturated heterocycles. The van der Waals surface area contributed by atoms with Gasteiger partial charge in [-0.05, 0) is 48.0 Å². The third-order valence-electron chi connectivity index (χ3n) is 4.10. The van der Waals surface area contributed by atoms with Crippen molar-refractivity contribution in [2.24, 2.45) is 0 Å². The molecule has 0 aromatic heterocycles. The molecule has 16 heavy (non-hydrogen) atoms. The minimum absolute atomic E-state index is 0.0335. The Kier molecular flexibility index (Phi) is 2.69. The molecule has 0 spiro atoms. The number of hydrogen-bond acceptors (Lipinski definition) is 3. The predicted octanol–water partition coefficient (Wildman–Crippen LogP) is 2.65. The summed E-state index contributed by atoms with van der Waals surface area (Å²) >= 11 is 0. The van der Waals surface area contributed by atoms with Crippen LogP contribution in [0.3, 0.4) is 0 Å². The smallest absolute Gasteiger partial charge is 0.403 e. The van der Waals surface area contributed by atoms with Gasteiger partial charge in [0.15, 0.2) is 0 Å². The molecule has 0 amide bonds. The number of rotatable bonds is 1. The van der Waals surface area contributed by atoms with Crippen LogP contribution < -0.4 is 0 Å². The van der Waals surface area contributed by atoms with E-state index in [0.29, 0.717) is 5.82 Å². The maximum Gasteiger partial charge on any atom is 0.463 e.